The monoisotopic (exact) mass is 757 g/mol. The highest BCUT2D eigenvalue weighted by Crippen LogP contribution is 2.42. The number of carbonyl (C=O) groups excluding carboxylic acids is 1. The Kier molecular flexibility index (Phi) is 20.0. The van der Waals surface area contributed by atoms with Crippen LogP contribution in [0.4, 0.5) is 0 Å². The number of carbonyl (C=O) groups is 2. The molecule has 0 saturated carbocycles. The van der Waals surface area contributed by atoms with Crippen LogP contribution in [0, 0.1) is 5.92 Å². The van der Waals surface area contributed by atoms with Gasteiger partial charge in [0, 0.05) is 37.4 Å². The minimum Gasteiger partial charge on any atom is -0.481 e. The summed E-state index contributed by atoms with van der Waals surface area (Å²) in [6, 6.07) is 24.6. The smallest absolute Gasteiger partial charge is 0.303 e. The highest BCUT2D eigenvalue weighted by molar-refractivity contribution is 5.76. The number of carboxylic acid groups (broad SMARTS) is 1. The molecule has 0 bridgehead atoms. The lowest BCUT2D eigenvalue weighted by Crippen LogP contribution is -2.45. The molecule has 1 aliphatic heterocycles. The van der Waals surface area contributed by atoms with Gasteiger partial charge < -0.3 is 29.9 Å². The largest absolute Gasteiger partial charge is 0.481 e. The average Bonchev–Trinajstić information content (AvgIpc) is 3.20. The number of hydrogen-bond donors (Lipinski definition) is 3. The Morgan fingerprint density at radius 2 is 1.31 bits per heavy atom. The van der Waals surface area contributed by atoms with Crippen LogP contribution in [0.2, 0.25) is 0 Å². The zero-order valence-corrected chi connectivity index (χ0v) is 33.9. The molecule has 0 unspecified atom stereocenters. The summed E-state index contributed by atoms with van der Waals surface area (Å²) in [4.78, 5) is 25.8. The molecule has 0 aromatic heterocycles. The minimum atomic E-state index is -0.891. The normalized spacial score (nSPS) is 18.4. The standard InChI is InChI=1S/C47H68N2O6/c1-4-6-8-10-12-14-29-49(30-15-13-11-9-7-5-2)34-43-36(3)46(39-27-25-37(35-50)26-28-39)55-47(54-43)42-22-17-21-41(32-42)40-20-16-19-38(31-40)33-48-44(51)23-18-24-45(52)53/h16-17,19-22,25-28,31-32,36,43,46-47,50H,4-15,18,23-24,29-30,33-35H2,1-3H3,(H,48,51)(H,52,53)/t36-,43+,46+,47+/m1/s1. The fourth-order valence-corrected chi connectivity index (χ4v) is 7.52. The molecule has 1 fully saturated rings. The summed E-state index contributed by atoms with van der Waals surface area (Å²) in [5, 5.41) is 21.5. The van der Waals surface area contributed by atoms with Crippen LogP contribution in [0.25, 0.3) is 11.1 Å². The topological polar surface area (TPSA) is 108 Å². The molecular formula is C47H68N2O6. The maximum absolute atomic E-state index is 12.3. The predicted molar refractivity (Wildman–Crippen MR) is 221 cm³/mol. The van der Waals surface area contributed by atoms with Crippen LogP contribution >= 0.6 is 0 Å². The number of benzene rings is 3. The second kappa shape index (κ2) is 24.8. The number of unbranched alkanes of at least 4 members (excludes halogenated alkanes) is 10. The van der Waals surface area contributed by atoms with E-state index in [1.165, 1.54) is 77.0 Å². The first kappa shape index (κ1) is 44.2. The number of aliphatic hydroxyl groups is 1. The molecule has 4 rings (SSSR count). The lowest BCUT2D eigenvalue weighted by Gasteiger charge is -2.43. The van der Waals surface area contributed by atoms with Crippen LogP contribution in [0.15, 0.2) is 72.8 Å². The van der Waals surface area contributed by atoms with Gasteiger partial charge in [0.15, 0.2) is 6.29 Å². The lowest BCUT2D eigenvalue weighted by atomic mass is 9.89. The number of nitrogens with zero attached hydrogens (tertiary/aromatic N) is 1. The molecule has 1 heterocycles. The van der Waals surface area contributed by atoms with Crippen LogP contribution in [-0.2, 0) is 32.2 Å². The van der Waals surface area contributed by atoms with Gasteiger partial charge in [-0.3, -0.25) is 9.59 Å². The highest BCUT2D eigenvalue weighted by atomic mass is 16.7. The van der Waals surface area contributed by atoms with Crippen LogP contribution in [-0.4, -0.2) is 52.7 Å². The Labute approximate surface area is 331 Å². The molecule has 0 radical (unpaired) electrons. The average molecular weight is 757 g/mol. The van der Waals surface area contributed by atoms with Gasteiger partial charge in [0.05, 0.1) is 18.8 Å². The van der Waals surface area contributed by atoms with Crippen molar-refractivity contribution in [1.82, 2.24) is 10.2 Å². The molecule has 8 heteroatoms. The Balaban J connectivity index is 1.52. The number of nitrogens with one attached hydrogen (secondary N) is 1. The van der Waals surface area contributed by atoms with Crippen molar-refractivity contribution in [3.8, 4) is 11.1 Å². The molecule has 4 atom stereocenters. The van der Waals surface area contributed by atoms with Gasteiger partial charge in [-0.2, -0.15) is 0 Å². The van der Waals surface area contributed by atoms with Crippen molar-refractivity contribution < 1.29 is 29.3 Å². The number of amides is 1. The van der Waals surface area contributed by atoms with Gasteiger partial charge in [-0.15, -0.1) is 0 Å². The molecule has 3 aromatic rings. The Morgan fingerprint density at radius 3 is 1.95 bits per heavy atom. The van der Waals surface area contributed by atoms with E-state index in [1.54, 1.807) is 0 Å². The van der Waals surface area contributed by atoms with E-state index < -0.39 is 12.3 Å². The molecule has 0 spiro atoms. The summed E-state index contributed by atoms with van der Waals surface area (Å²) >= 11 is 0. The first-order chi connectivity index (χ1) is 26.8. The molecule has 8 nitrogen and oxygen atoms in total. The summed E-state index contributed by atoms with van der Waals surface area (Å²) in [5.74, 6) is -0.924. The van der Waals surface area contributed by atoms with Crippen molar-refractivity contribution in [2.75, 3.05) is 19.6 Å². The van der Waals surface area contributed by atoms with E-state index in [2.05, 4.69) is 79.5 Å². The Bertz CT molecular complexity index is 1530. The van der Waals surface area contributed by atoms with E-state index in [0.29, 0.717) is 13.0 Å². The first-order valence-electron chi connectivity index (χ1n) is 21.2. The van der Waals surface area contributed by atoms with E-state index >= 15 is 0 Å². The van der Waals surface area contributed by atoms with E-state index in [9.17, 15) is 14.7 Å². The molecule has 55 heavy (non-hydrogen) atoms. The molecule has 1 amide bonds. The number of hydrogen-bond acceptors (Lipinski definition) is 6. The zero-order chi connectivity index (χ0) is 39.3. The second-order valence-corrected chi connectivity index (χ2v) is 15.5. The van der Waals surface area contributed by atoms with Crippen molar-refractivity contribution in [3.05, 3.63) is 95.1 Å². The van der Waals surface area contributed by atoms with Gasteiger partial charge in [0.2, 0.25) is 5.91 Å². The number of aliphatic carboxylic acids is 1. The van der Waals surface area contributed by atoms with E-state index in [4.69, 9.17) is 14.6 Å². The fraction of sp³-hybridized carbons (Fsp3) is 0.574. The van der Waals surface area contributed by atoms with E-state index in [0.717, 1.165) is 53.0 Å². The van der Waals surface area contributed by atoms with Crippen molar-refractivity contribution in [2.45, 2.75) is 149 Å². The maximum atomic E-state index is 12.3. The van der Waals surface area contributed by atoms with Crippen molar-refractivity contribution >= 4 is 11.9 Å². The SMILES string of the molecule is CCCCCCCCN(CCCCCCCC)C[C@@H]1O[C@H](c2cccc(-c3cccc(CNC(=O)CCCC(=O)O)c3)c2)O[C@H](c2ccc(CO)cc2)[C@@H]1C. The number of carboxylic acids is 1. The van der Waals surface area contributed by atoms with Gasteiger partial charge in [-0.25, -0.2) is 0 Å². The van der Waals surface area contributed by atoms with Crippen molar-refractivity contribution in [2.24, 2.45) is 5.92 Å². The van der Waals surface area contributed by atoms with Gasteiger partial charge in [-0.1, -0.05) is 146 Å². The number of aliphatic hydroxyl groups excluding tert-OH is 1. The fourth-order valence-electron chi connectivity index (χ4n) is 7.52. The van der Waals surface area contributed by atoms with Gasteiger partial charge in [0.1, 0.15) is 0 Å². The quantitative estimate of drug-likeness (QED) is 0.0700. The maximum Gasteiger partial charge on any atom is 0.303 e. The Hall–Kier alpha value is -3.56. The zero-order valence-electron chi connectivity index (χ0n) is 33.9. The van der Waals surface area contributed by atoms with Crippen LogP contribution in [0.3, 0.4) is 0 Å². The van der Waals surface area contributed by atoms with E-state index in [1.807, 2.05) is 24.3 Å². The molecule has 302 valence electrons. The third kappa shape index (κ3) is 15.5. The molecule has 1 aliphatic rings. The second-order valence-electron chi connectivity index (χ2n) is 15.5. The summed E-state index contributed by atoms with van der Waals surface area (Å²) in [5.41, 5.74) is 5.97. The van der Waals surface area contributed by atoms with Gasteiger partial charge in [0.25, 0.3) is 0 Å². The molecule has 3 N–H and O–H groups in total. The molecule has 0 aliphatic carbocycles. The summed E-state index contributed by atoms with van der Waals surface area (Å²) in [7, 11) is 0. The lowest BCUT2D eigenvalue weighted by molar-refractivity contribution is -0.276. The van der Waals surface area contributed by atoms with Crippen LogP contribution < -0.4 is 5.32 Å². The van der Waals surface area contributed by atoms with Crippen LogP contribution in [0.1, 0.15) is 152 Å². The number of ether oxygens (including phenoxy) is 2. The minimum absolute atomic E-state index is 0.00865. The van der Waals surface area contributed by atoms with Gasteiger partial charge >= 0.3 is 5.97 Å². The molecule has 1 saturated heterocycles. The third-order valence-corrected chi connectivity index (χ3v) is 10.9. The van der Waals surface area contributed by atoms with Crippen LogP contribution in [0.5, 0.6) is 0 Å². The number of rotatable bonds is 26. The molecule has 3 aromatic carbocycles. The van der Waals surface area contributed by atoms with Gasteiger partial charge in [-0.05, 0) is 72.3 Å². The van der Waals surface area contributed by atoms with E-state index in [-0.39, 0.29) is 43.5 Å². The highest BCUT2D eigenvalue weighted by Gasteiger charge is 2.39. The predicted octanol–water partition coefficient (Wildman–Crippen LogP) is 10.5. The summed E-state index contributed by atoms with van der Waals surface area (Å²) in [6.45, 7) is 10.2. The van der Waals surface area contributed by atoms with Crippen molar-refractivity contribution in [3.63, 3.8) is 0 Å². The first-order valence-corrected chi connectivity index (χ1v) is 21.2. The summed E-state index contributed by atoms with van der Waals surface area (Å²) < 4.78 is 13.8. The Morgan fingerprint density at radius 1 is 0.691 bits per heavy atom. The summed E-state index contributed by atoms with van der Waals surface area (Å²) in [6.07, 6.45) is 15.1. The third-order valence-electron chi connectivity index (χ3n) is 10.9. The molecular weight excluding hydrogens is 689 g/mol. The van der Waals surface area contributed by atoms with Crippen molar-refractivity contribution in [1.29, 1.82) is 0 Å².